The second kappa shape index (κ2) is 7.31. The number of nitrogens with zero attached hydrogens (tertiary/aromatic N) is 1. The molecule has 0 aromatic heterocycles. The zero-order valence-electron chi connectivity index (χ0n) is 19.2. The Morgan fingerprint density at radius 2 is 2.03 bits per heavy atom. The first kappa shape index (κ1) is 21.8. The Balaban J connectivity index is 1.33. The zero-order chi connectivity index (χ0) is 24.1. The number of rotatable bonds is 4. The van der Waals surface area contributed by atoms with E-state index in [-0.39, 0.29) is 24.0 Å². The summed E-state index contributed by atoms with van der Waals surface area (Å²) in [6, 6.07) is 10.6. The van der Waals surface area contributed by atoms with Gasteiger partial charge in [-0.25, -0.2) is 0 Å². The fourth-order valence-electron chi connectivity index (χ4n) is 7.31. The molecule has 35 heavy (non-hydrogen) atoms. The number of carbonyl (C=O) groups is 2. The number of hydrogen-bond acceptors (Lipinski definition) is 6. The van der Waals surface area contributed by atoms with Crippen LogP contribution in [0.15, 0.2) is 40.9 Å². The van der Waals surface area contributed by atoms with Crippen LogP contribution in [-0.4, -0.2) is 57.6 Å². The number of ether oxygens (including phenoxy) is 1. The highest BCUT2D eigenvalue weighted by Crippen LogP contribution is 2.65. The van der Waals surface area contributed by atoms with Gasteiger partial charge in [0, 0.05) is 22.6 Å². The highest BCUT2D eigenvalue weighted by molar-refractivity contribution is 9.10. The van der Waals surface area contributed by atoms with Crippen molar-refractivity contribution in [2.45, 2.75) is 55.3 Å². The first-order chi connectivity index (χ1) is 16.8. The lowest BCUT2D eigenvalue weighted by Crippen LogP contribution is -2.78. The number of halogens is 1. The van der Waals surface area contributed by atoms with Crippen molar-refractivity contribution < 1.29 is 24.5 Å². The van der Waals surface area contributed by atoms with E-state index in [2.05, 4.69) is 26.1 Å². The molecule has 1 amide bonds. The molecule has 2 heterocycles. The number of piperidine rings is 1. The van der Waals surface area contributed by atoms with E-state index in [9.17, 15) is 19.8 Å². The fourth-order valence-corrected chi connectivity index (χ4v) is 7.69. The summed E-state index contributed by atoms with van der Waals surface area (Å²) in [5, 5.41) is 26.1. The third kappa shape index (κ3) is 2.84. The van der Waals surface area contributed by atoms with E-state index in [0.29, 0.717) is 30.2 Å². The van der Waals surface area contributed by atoms with Crippen molar-refractivity contribution in [3.8, 4) is 11.5 Å². The van der Waals surface area contributed by atoms with Gasteiger partial charge in [-0.1, -0.05) is 18.2 Å². The molecule has 5 aliphatic rings. The summed E-state index contributed by atoms with van der Waals surface area (Å²) >= 11 is 3.45. The molecule has 5 atom stereocenters. The highest BCUT2D eigenvalue weighted by atomic mass is 79.9. The minimum atomic E-state index is -1.32. The van der Waals surface area contributed by atoms with Gasteiger partial charge < -0.3 is 20.3 Å². The number of hydrogen-bond donors (Lipinski definition) is 3. The van der Waals surface area contributed by atoms with E-state index in [1.807, 2.05) is 24.3 Å². The molecule has 2 aliphatic heterocycles. The minimum Gasteiger partial charge on any atom is -0.504 e. The Labute approximate surface area is 211 Å². The van der Waals surface area contributed by atoms with Crippen LogP contribution in [0.25, 0.3) is 0 Å². The van der Waals surface area contributed by atoms with Gasteiger partial charge in [0.05, 0.1) is 16.7 Å². The lowest BCUT2D eigenvalue weighted by molar-refractivity contribution is -0.197. The molecule has 7 nitrogen and oxygen atoms in total. The average molecular weight is 539 g/mol. The van der Waals surface area contributed by atoms with E-state index in [4.69, 9.17) is 4.74 Å². The third-order valence-corrected chi connectivity index (χ3v) is 9.77. The number of aromatic hydroxyl groups is 1. The molecular formula is C27H27BrN2O5. The maximum atomic E-state index is 13.9. The smallest absolute Gasteiger partial charge is 0.235 e. The van der Waals surface area contributed by atoms with Crippen molar-refractivity contribution in [2.75, 3.05) is 18.4 Å². The van der Waals surface area contributed by atoms with Crippen molar-refractivity contribution in [2.24, 2.45) is 11.8 Å². The van der Waals surface area contributed by atoms with Gasteiger partial charge in [0.2, 0.25) is 5.91 Å². The standard InChI is InChI=1S/C27H27BrN2O5/c28-17-3-1-2-4-18(17)29-25(33)16-12-27(34)20-11-15-7-8-19(31)23-21(15)26(27,24(35-23)22(16)32)9-10-30(20)13-14-5-6-14/h1-4,7-8,14,16,20,24,31,34H,5-6,9-13H2,(H,29,33)/t16?,20-,24+,26+,27-/m1/s1. The van der Waals surface area contributed by atoms with E-state index < -0.39 is 28.9 Å². The van der Waals surface area contributed by atoms with Crippen molar-refractivity contribution in [3.05, 3.63) is 52.0 Å². The number of anilines is 1. The molecule has 3 aliphatic carbocycles. The summed E-state index contributed by atoms with van der Waals surface area (Å²) in [6.07, 6.45) is 2.64. The Kier molecular flexibility index (Phi) is 4.56. The number of phenolic OH excluding ortho intramolecular Hbond substituents is 1. The van der Waals surface area contributed by atoms with Crippen LogP contribution in [0.5, 0.6) is 11.5 Å². The van der Waals surface area contributed by atoms with Crippen molar-refractivity contribution >= 4 is 33.3 Å². The lowest BCUT2D eigenvalue weighted by Gasteiger charge is -2.63. The highest BCUT2D eigenvalue weighted by Gasteiger charge is 2.75. The summed E-state index contributed by atoms with van der Waals surface area (Å²) in [7, 11) is 0. The van der Waals surface area contributed by atoms with Gasteiger partial charge in [-0.2, -0.15) is 0 Å². The van der Waals surface area contributed by atoms with Crippen LogP contribution in [0.3, 0.4) is 0 Å². The quantitative estimate of drug-likeness (QED) is 0.517. The Hall–Kier alpha value is -2.42. The Morgan fingerprint density at radius 1 is 1.23 bits per heavy atom. The number of likely N-dealkylation sites (tertiary alicyclic amines) is 1. The normalized spacial score (nSPS) is 34.8. The molecule has 1 unspecified atom stereocenters. The van der Waals surface area contributed by atoms with E-state index in [1.54, 1.807) is 12.1 Å². The van der Waals surface area contributed by atoms with Gasteiger partial charge in [-0.3, -0.25) is 14.5 Å². The number of phenols is 1. The number of benzene rings is 2. The number of carbonyl (C=O) groups excluding carboxylic acids is 2. The first-order valence-electron chi connectivity index (χ1n) is 12.4. The second-order valence-corrected chi connectivity index (χ2v) is 11.7. The number of Topliss-reactive ketones (excluding diaryl/α,β-unsaturated/α-hetero) is 1. The van der Waals surface area contributed by atoms with Crippen LogP contribution in [-0.2, 0) is 21.4 Å². The Bertz CT molecular complexity index is 1280. The molecule has 1 spiro atoms. The number of nitrogens with one attached hydrogen (secondary N) is 1. The molecular weight excluding hydrogens is 512 g/mol. The monoisotopic (exact) mass is 538 g/mol. The SMILES string of the molecule is O=C(Nc1ccccc1Br)C1C[C@@]2(O)[C@H]3Cc4ccc(O)c5c4[C@@]2(CCN3CC2CC2)[C@@H](O5)C1=O. The van der Waals surface area contributed by atoms with Crippen molar-refractivity contribution in [1.29, 1.82) is 0 Å². The number of para-hydroxylation sites is 1. The summed E-state index contributed by atoms with van der Waals surface area (Å²) < 4.78 is 6.92. The predicted octanol–water partition coefficient (Wildman–Crippen LogP) is 3.15. The summed E-state index contributed by atoms with van der Waals surface area (Å²) in [4.78, 5) is 29.7. The molecule has 2 bridgehead atoms. The van der Waals surface area contributed by atoms with Crippen LogP contribution in [0.4, 0.5) is 5.69 Å². The molecule has 2 saturated carbocycles. The number of ketones is 1. The summed E-state index contributed by atoms with van der Waals surface area (Å²) in [5.41, 5.74) is 0.124. The third-order valence-electron chi connectivity index (χ3n) is 9.08. The van der Waals surface area contributed by atoms with Gasteiger partial charge in [-0.05, 0) is 84.3 Å². The van der Waals surface area contributed by atoms with Gasteiger partial charge >= 0.3 is 0 Å². The molecule has 8 heteroatoms. The molecule has 3 fully saturated rings. The van der Waals surface area contributed by atoms with E-state index in [0.717, 1.165) is 28.7 Å². The maximum Gasteiger partial charge on any atom is 0.235 e. The van der Waals surface area contributed by atoms with Crippen molar-refractivity contribution in [1.82, 2.24) is 4.90 Å². The fraction of sp³-hybridized carbons (Fsp3) is 0.481. The van der Waals surface area contributed by atoms with Crippen LogP contribution in [0.1, 0.15) is 36.8 Å². The zero-order valence-corrected chi connectivity index (χ0v) is 20.8. The number of amides is 1. The van der Waals surface area contributed by atoms with Crippen molar-refractivity contribution in [3.63, 3.8) is 0 Å². The second-order valence-electron chi connectivity index (χ2n) is 10.9. The van der Waals surface area contributed by atoms with Gasteiger partial charge in [0.25, 0.3) is 0 Å². The topological polar surface area (TPSA) is 99.1 Å². The largest absolute Gasteiger partial charge is 0.504 e. The number of aliphatic hydroxyl groups is 1. The van der Waals surface area contributed by atoms with Crippen LogP contribution in [0.2, 0.25) is 0 Å². The van der Waals surface area contributed by atoms with E-state index >= 15 is 0 Å². The molecule has 3 N–H and O–H groups in total. The van der Waals surface area contributed by atoms with Crippen LogP contribution >= 0.6 is 15.9 Å². The Morgan fingerprint density at radius 3 is 2.80 bits per heavy atom. The van der Waals surface area contributed by atoms with Gasteiger partial charge in [-0.15, -0.1) is 0 Å². The summed E-state index contributed by atoms with van der Waals surface area (Å²) in [6.45, 7) is 1.69. The minimum absolute atomic E-state index is 0.0178. The lowest BCUT2D eigenvalue weighted by atomic mass is 9.47. The average Bonchev–Trinajstić information content (AvgIpc) is 3.57. The predicted molar refractivity (Wildman–Crippen MR) is 131 cm³/mol. The van der Waals surface area contributed by atoms with Gasteiger partial charge in [0.1, 0.15) is 5.92 Å². The molecule has 7 rings (SSSR count). The molecule has 1 saturated heterocycles. The van der Waals surface area contributed by atoms with Crippen LogP contribution in [0, 0.1) is 11.8 Å². The van der Waals surface area contributed by atoms with Crippen LogP contribution < -0.4 is 10.1 Å². The van der Waals surface area contributed by atoms with Gasteiger partial charge in [0.15, 0.2) is 23.4 Å². The molecule has 0 radical (unpaired) electrons. The van der Waals surface area contributed by atoms with E-state index in [1.165, 1.54) is 12.8 Å². The maximum absolute atomic E-state index is 13.9. The molecule has 182 valence electrons. The summed E-state index contributed by atoms with van der Waals surface area (Å²) in [5.74, 6) is -0.869. The first-order valence-corrected chi connectivity index (χ1v) is 13.2. The molecule has 2 aromatic carbocycles. The molecule has 2 aromatic rings.